The predicted octanol–water partition coefficient (Wildman–Crippen LogP) is 0.965. The van der Waals surface area contributed by atoms with Gasteiger partial charge in [-0.3, -0.25) is 0 Å². The van der Waals surface area contributed by atoms with Crippen molar-refractivity contribution in [2.24, 2.45) is 7.05 Å². The molecule has 0 radical (unpaired) electrons. The Bertz CT molecular complexity index is 446. The fourth-order valence-corrected chi connectivity index (χ4v) is 1.54. The van der Waals surface area contributed by atoms with Gasteiger partial charge in [-0.05, 0) is 5.10 Å². The Kier molecular flexibility index (Phi) is 3.24. The maximum atomic E-state index is 4.36. The SMILES string of the molecule is CCCC[n+]1ccc(-c2cnnn2C)cn1. The average Bonchev–Trinajstić information content (AvgIpc) is 2.74. The van der Waals surface area contributed by atoms with E-state index in [1.165, 1.54) is 6.42 Å². The van der Waals surface area contributed by atoms with Gasteiger partial charge in [0.1, 0.15) is 6.20 Å². The number of nitrogens with zero attached hydrogens (tertiary/aromatic N) is 5. The summed E-state index contributed by atoms with van der Waals surface area (Å²) in [6.07, 6.45) is 7.94. The molecular formula is C11H16N5+. The van der Waals surface area contributed by atoms with E-state index < -0.39 is 0 Å². The number of hydrogen-bond donors (Lipinski definition) is 0. The van der Waals surface area contributed by atoms with E-state index in [0.717, 1.165) is 24.2 Å². The standard InChI is InChI=1S/C11H16N5/c1-3-4-6-16-7-5-10(8-13-16)11-9-12-14-15(11)2/h5,7-9H,3-4,6H2,1-2H3/q+1. The first kappa shape index (κ1) is 10.7. The van der Waals surface area contributed by atoms with Crippen molar-refractivity contribution in [1.29, 1.82) is 0 Å². The minimum atomic E-state index is 0.973. The molecule has 0 spiro atoms. The Labute approximate surface area is 94.7 Å². The molecule has 16 heavy (non-hydrogen) atoms. The third-order valence-electron chi connectivity index (χ3n) is 2.52. The molecule has 0 aliphatic carbocycles. The summed E-state index contributed by atoms with van der Waals surface area (Å²) >= 11 is 0. The third-order valence-corrected chi connectivity index (χ3v) is 2.52. The van der Waals surface area contributed by atoms with Crippen LogP contribution >= 0.6 is 0 Å². The molecule has 0 atom stereocenters. The topological polar surface area (TPSA) is 47.5 Å². The molecule has 2 aromatic rings. The van der Waals surface area contributed by atoms with Crippen LogP contribution in [0.2, 0.25) is 0 Å². The third kappa shape index (κ3) is 2.24. The maximum absolute atomic E-state index is 4.36. The summed E-state index contributed by atoms with van der Waals surface area (Å²) in [5.41, 5.74) is 2.02. The Hall–Kier alpha value is -1.78. The van der Waals surface area contributed by atoms with Crippen LogP contribution in [0.25, 0.3) is 11.3 Å². The summed E-state index contributed by atoms with van der Waals surface area (Å²) in [4.78, 5) is 0. The van der Waals surface area contributed by atoms with Gasteiger partial charge in [0.15, 0.2) is 12.7 Å². The van der Waals surface area contributed by atoms with Crippen LogP contribution in [-0.4, -0.2) is 20.1 Å². The molecule has 84 valence electrons. The second kappa shape index (κ2) is 4.83. The van der Waals surface area contributed by atoms with Gasteiger partial charge < -0.3 is 0 Å². The van der Waals surface area contributed by atoms with E-state index >= 15 is 0 Å². The Balaban J connectivity index is 2.16. The molecular weight excluding hydrogens is 202 g/mol. The Morgan fingerprint density at radius 2 is 2.25 bits per heavy atom. The lowest BCUT2D eigenvalue weighted by Crippen LogP contribution is -2.37. The molecule has 0 saturated heterocycles. The largest absolute Gasteiger partial charge is 0.248 e. The lowest BCUT2D eigenvalue weighted by molar-refractivity contribution is -0.754. The summed E-state index contributed by atoms with van der Waals surface area (Å²) in [6, 6.07) is 2.04. The maximum Gasteiger partial charge on any atom is 0.196 e. The summed E-state index contributed by atoms with van der Waals surface area (Å²) < 4.78 is 3.70. The summed E-state index contributed by atoms with van der Waals surface area (Å²) in [5, 5.41) is 12.1. The molecule has 5 heteroatoms. The molecule has 2 aromatic heterocycles. The van der Waals surface area contributed by atoms with Crippen molar-refractivity contribution >= 4 is 0 Å². The van der Waals surface area contributed by atoms with Crippen molar-refractivity contribution in [2.45, 2.75) is 26.3 Å². The number of rotatable bonds is 4. The van der Waals surface area contributed by atoms with E-state index in [2.05, 4.69) is 22.3 Å². The van der Waals surface area contributed by atoms with Crippen molar-refractivity contribution in [2.75, 3.05) is 0 Å². The Morgan fingerprint density at radius 3 is 2.81 bits per heavy atom. The van der Waals surface area contributed by atoms with E-state index in [-0.39, 0.29) is 0 Å². The fraction of sp³-hybridized carbons (Fsp3) is 0.455. The molecule has 0 unspecified atom stereocenters. The first-order valence-corrected chi connectivity index (χ1v) is 5.52. The van der Waals surface area contributed by atoms with Crippen molar-refractivity contribution in [3.05, 3.63) is 24.7 Å². The molecule has 0 fully saturated rings. The van der Waals surface area contributed by atoms with Gasteiger partial charge in [-0.25, -0.2) is 4.68 Å². The predicted molar refractivity (Wildman–Crippen MR) is 59.3 cm³/mol. The van der Waals surface area contributed by atoms with Gasteiger partial charge in [0.2, 0.25) is 0 Å². The number of aromatic nitrogens is 5. The quantitative estimate of drug-likeness (QED) is 0.718. The van der Waals surface area contributed by atoms with Crippen LogP contribution in [0, 0.1) is 0 Å². The molecule has 0 N–H and O–H groups in total. The molecule has 0 bridgehead atoms. The van der Waals surface area contributed by atoms with Crippen LogP contribution in [-0.2, 0) is 13.6 Å². The van der Waals surface area contributed by atoms with Crippen LogP contribution in [0.4, 0.5) is 0 Å². The van der Waals surface area contributed by atoms with E-state index in [1.807, 2.05) is 30.2 Å². The van der Waals surface area contributed by atoms with Crippen LogP contribution in [0.3, 0.4) is 0 Å². The molecule has 0 aromatic carbocycles. The van der Waals surface area contributed by atoms with Gasteiger partial charge in [0, 0.05) is 25.1 Å². The number of unbranched alkanes of at least 4 members (excludes halogenated alkanes) is 1. The Morgan fingerprint density at radius 1 is 1.38 bits per heavy atom. The van der Waals surface area contributed by atoms with Gasteiger partial charge in [-0.1, -0.05) is 23.2 Å². The van der Waals surface area contributed by atoms with E-state index in [9.17, 15) is 0 Å². The van der Waals surface area contributed by atoms with Gasteiger partial charge in [-0.15, -0.1) is 5.10 Å². The van der Waals surface area contributed by atoms with E-state index in [1.54, 1.807) is 10.9 Å². The number of hydrogen-bond acceptors (Lipinski definition) is 3. The molecule has 0 amide bonds. The van der Waals surface area contributed by atoms with Crippen LogP contribution < -0.4 is 4.68 Å². The van der Waals surface area contributed by atoms with Crippen molar-refractivity contribution < 1.29 is 4.68 Å². The van der Waals surface area contributed by atoms with Crippen LogP contribution in [0.5, 0.6) is 0 Å². The zero-order chi connectivity index (χ0) is 11.4. The highest BCUT2D eigenvalue weighted by atomic mass is 15.4. The molecule has 0 saturated carbocycles. The summed E-state index contributed by atoms with van der Waals surface area (Å²) in [7, 11) is 1.88. The monoisotopic (exact) mass is 218 g/mol. The van der Waals surface area contributed by atoms with Crippen LogP contribution in [0.1, 0.15) is 19.8 Å². The fourth-order valence-electron chi connectivity index (χ4n) is 1.54. The normalized spacial score (nSPS) is 10.6. The van der Waals surface area contributed by atoms with Crippen molar-refractivity contribution in [3.63, 3.8) is 0 Å². The minimum Gasteiger partial charge on any atom is -0.248 e. The van der Waals surface area contributed by atoms with Crippen LogP contribution in [0.15, 0.2) is 24.7 Å². The average molecular weight is 218 g/mol. The van der Waals surface area contributed by atoms with Gasteiger partial charge >= 0.3 is 0 Å². The first-order chi connectivity index (χ1) is 7.81. The zero-order valence-corrected chi connectivity index (χ0v) is 9.67. The lowest BCUT2D eigenvalue weighted by atomic mass is 10.2. The molecule has 5 nitrogen and oxygen atoms in total. The van der Waals surface area contributed by atoms with Crippen molar-refractivity contribution in [1.82, 2.24) is 20.1 Å². The van der Waals surface area contributed by atoms with Gasteiger partial charge in [-0.2, -0.15) is 0 Å². The molecule has 2 heterocycles. The second-order valence-corrected chi connectivity index (χ2v) is 3.78. The van der Waals surface area contributed by atoms with Gasteiger partial charge in [0.05, 0.1) is 11.9 Å². The summed E-state index contributed by atoms with van der Waals surface area (Å²) in [5.74, 6) is 0. The van der Waals surface area contributed by atoms with E-state index in [0.29, 0.717) is 0 Å². The second-order valence-electron chi connectivity index (χ2n) is 3.78. The first-order valence-electron chi connectivity index (χ1n) is 5.52. The van der Waals surface area contributed by atoms with E-state index in [4.69, 9.17) is 0 Å². The zero-order valence-electron chi connectivity index (χ0n) is 9.67. The molecule has 0 aliphatic heterocycles. The van der Waals surface area contributed by atoms with Gasteiger partial charge in [0.25, 0.3) is 0 Å². The highest BCUT2D eigenvalue weighted by Gasteiger charge is 2.07. The smallest absolute Gasteiger partial charge is 0.196 e. The molecule has 0 aliphatic rings. The summed E-state index contributed by atoms with van der Waals surface area (Å²) in [6.45, 7) is 3.15. The number of aryl methyl sites for hydroxylation is 2. The van der Waals surface area contributed by atoms with Crippen molar-refractivity contribution in [3.8, 4) is 11.3 Å². The lowest BCUT2D eigenvalue weighted by Gasteiger charge is -1.98. The molecule has 2 rings (SSSR count). The minimum absolute atomic E-state index is 0.973. The highest BCUT2D eigenvalue weighted by molar-refractivity contribution is 5.55. The highest BCUT2D eigenvalue weighted by Crippen LogP contribution is 2.13.